The van der Waals surface area contributed by atoms with Gasteiger partial charge in [-0.1, -0.05) is 25.0 Å². The minimum atomic E-state index is 0.762. The van der Waals surface area contributed by atoms with Crippen molar-refractivity contribution in [2.24, 2.45) is 0 Å². The molecule has 2 aromatic heterocycles. The summed E-state index contributed by atoms with van der Waals surface area (Å²) in [5, 5.41) is 12.3. The van der Waals surface area contributed by atoms with Crippen LogP contribution in [0.4, 0.5) is 23.1 Å². The topological polar surface area (TPSA) is 70.1 Å². The molecule has 1 N–H and O–H groups in total. The van der Waals surface area contributed by atoms with E-state index < -0.39 is 0 Å². The quantitative estimate of drug-likeness (QED) is 0.704. The molecule has 0 saturated carbocycles. The van der Waals surface area contributed by atoms with E-state index in [1.165, 1.54) is 25.7 Å². The normalized spacial score (nSPS) is 14.3. The molecule has 29 heavy (non-hydrogen) atoms. The first kappa shape index (κ1) is 19.1. The highest BCUT2D eigenvalue weighted by atomic mass is 15.3. The highest BCUT2D eigenvalue weighted by Gasteiger charge is 2.12. The van der Waals surface area contributed by atoms with Gasteiger partial charge in [0.15, 0.2) is 5.82 Å². The zero-order chi connectivity index (χ0) is 20.1. The molecule has 0 amide bonds. The summed E-state index contributed by atoms with van der Waals surface area (Å²) < 4.78 is 0. The molecule has 0 spiro atoms. The number of rotatable bonds is 5. The standard InChI is InChI=1S/C22H27N7/c1-28(2)22-15-20(23-16-24-22)25-18-9-7-17(8-10-18)19-11-12-21(27-26-19)29-13-5-3-4-6-14-29/h7-12,15-16H,3-6,13-14H2,1-2H3,(H,23,24,25). The first-order chi connectivity index (χ1) is 14.2. The summed E-state index contributed by atoms with van der Waals surface area (Å²) in [6.07, 6.45) is 6.66. The van der Waals surface area contributed by atoms with Gasteiger partial charge in [-0.05, 0) is 37.1 Å². The van der Waals surface area contributed by atoms with Gasteiger partial charge in [0.2, 0.25) is 0 Å². The number of nitrogens with one attached hydrogen (secondary N) is 1. The van der Waals surface area contributed by atoms with Crippen molar-refractivity contribution in [2.45, 2.75) is 25.7 Å². The minimum Gasteiger partial charge on any atom is -0.363 e. The second-order valence-electron chi connectivity index (χ2n) is 7.54. The van der Waals surface area contributed by atoms with Crippen LogP contribution in [-0.4, -0.2) is 47.4 Å². The Hall–Kier alpha value is -3.22. The molecule has 1 aromatic carbocycles. The molecule has 150 valence electrons. The van der Waals surface area contributed by atoms with Gasteiger partial charge >= 0.3 is 0 Å². The molecular weight excluding hydrogens is 362 g/mol. The summed E-state index contributed by atoms with van der Waals surface area (Å²) in [7, 11) is 3.92. The maximum Gasteiger partial charge on any atom is 0.151 e. The molecule has 3 aromatic rings. The smallest absolute Gasteiger partial charge is 0.151 e. The number of hydrogen-bond acceptors (Lipinski definition) is 7. The van der Waals surface area contributed by atoms with Crippen LogP contribution in [0.15, 0.2) is 48.8 Å². The lowest BCUT2D eigenvalue weighted by Gasteiger charge is -2.20. The second-order valence-corrected chi connectivity index (χ2v) is 7.54. The zero-order valence-electron chi connectivity index (χ0n) is 17.0. The second kappa shape index (κ2) is 8.86. The third kappa shape index (κ3) is 4.80. The number of benzene rings is 1. The lowest BCUT2D eigenvalue weighted by atomic mass is 10.1. The Bertz CT molecular complexity index is 915. The fraction of sp³-hybridized carbons (Fsp3) is 0.364. The molecule has 0 atom stereocenters. The molecule has 4 rings (SSSR count). The SMILES string of the molecule is CN(C)c1cc(Nc2ccc(-c3ccc(N4CCCCCC4)nn3)cc2)ncn1. The van der Waals surface area contributed by atoms with Crippen molar-refractivity contribution in [2.75, 3.05) is 42.3 Å². The van der Waals surface area contributed by atoms with Gasteiger partial charge in [0.05, 0.1) is 5.69 Å². The van der Waals surface area contributed by atoms with Gasteiger partial charge in [-0.15, -0.1) is 10.2 Å². The van der Waals surface area contributed by atoms with Gasteiger partial charge in [-0.3, -0.25) is 0 Å². The fourth-order valence-corrected chi connectivity index (χ4v) is 3.48. The van der Waals surface area contributed by atoms with Gasteiger partial charge in [-0.25, -0.2) is 9.97 Å². The Morgan fingerprint density at radius 1 is 0.862 bits per heavy atom. The van der Waals surface area contributed by atoms with Crippen LogP contribution < -0.4 is 15.1 Å². The summed E-state index contributed by atoms with van der Waals surface area (Å²) in [5.74, 6) is 2.60. The van der Waals surface area contributed by atoms with Gasteiger partial charge in [0.25, 0.3) is 0 Å². The van der Waals surface area contributed by atoms with Crippen molar-refractivity contribution in [3.8, 4) is 11.3 Å². The molecule has 1 aliphatic heterocycles. The maximum atomic E-state index is 4.48. The van der Waals surface area contributed by atoms with E-state index >= 15 is 0 Å². The Kier molecular flexibility index (Phi) is 5.84. The molecule has 3 heterocycles. The molecule has 0 bridgehead atoms. The summed E-state index contributed by atoms with van der Waals surface area (Å²) in [5.41, 5.74) is 2.89. The predicted octanol–water partition coefficient (Wildman–Crippen LogP) is 4.12. The van der Waals surface area contributed by atoms with E-state index in [9.17, 15) is 0 Å². The largest absolute Gasteiger partial charge is 0.363 e. The van der Waals surface area contributed by atoms with Crippen molar-refractivity contribution in [1.82, 2.24) is 20.2 Å². The first-order valence-corrected chi connectivity index (χ1v) is 10.1. The van der Waals surface area contributed by atoms with Gasteiger partial charge in [0.1, 0.15) is 18.0 Å². The van der Waals surface area contributed by atoms with E-state index in [1.54, 1.807) is 6.33 Å². The Labute approximate surface area is 171 Å². The average molecular weight is 390 g/mol. The molecule has 7 heteroatoms. The lowest BCUT2D eigenvalue weighted by molar-refractivity contribution is 0.726. The highest BCUT2D eigenvalue weighted by Crippen LogP contribution is 2.24. The van der Waals surface area contributed by atoms with Crippen molar-refractivity contribution in [3.05, 3.63) is 48.8 Å². The molecule has 1 aliphatic rings. The van der Waals surface area contributed by atoms with Crippen molar-refractivity contribution >= 4 is 23.1 Å². The van der Waals surface area contributed by atoms with Crippen LogP contribution in [0.1, 0.15) is 25.7 Å². The fourth-order valence-electron chi connectivity index (χ4n) is 3.48. The number of anilines is 4. The van der Waals surface area contributed by atoms with Crippen LogP contribution in [0.25, 0.3) is 11.3 Å². The van der Waals surface area contributed by atoms with Gasteiger partial charge in [0, 0.05) is 44.5 Å². The molecular formula is C22H27N7. The number of hydrogen-bond donors (Lipinski definition) is 1. The van der Waals surface area contributed by atoms with Crippen LogP contribution in [0.5, 0.6) is 0 Å². The van der Waals surface area contributed by atoms with Crippen molar-refractivity contribution < 1.29 is 0 Å². The zero-order valence-corrected chi connectivity index (χ0v) is 17.0. The lowest BCUT2D eigenvalue weighted by Crippen LogP contribution is -2.25. The summed E-state index contributed by atoms with van der Waals surface area (Å²) >= 11 is 0. The van der Waals surface area contributed by atoms with E-state index in [2.05, 4.69) is 42.5 Å². The van der Waals surface area contributed by atoms with Crippen LogP contribution >= 0.6 is 0 Å². The predicted molar refractivity (Wildman–Crippen MR) is 118 cm³/mol. The maximum absolute atomic E-state index is 4.48. The van der Waals surface area contributed by atoms with Crippen LogP contribution in [0, 0.1) is 0 Å². The van der Waals surface area contributed by atoms with E-state index in [4.69, 9.17) is 0 Å². The number of nitrogens with zero attached hydrogens (tertiary/aromatic N) is 6. The monoisotopic (exact) mass is 389 g/mol. The molecule has 0 unspecified atom stereocenters. The molecule has 7 nitrogen and oxygen atoms in total. The van der Waals surface area contributed by atoms with E-state index in [0.29, 0.717) is 0 Å². The van der Waals surface area contributed by atoms with E-state index in [1.807, 2.05) is 49.3 Å². The summed E-state index contributed by atoms with van der Waals surface area (Å²) in [4.78, 5) is 12.8. The van der Waals surface area contributed by atoms with Crippen LogP contribution in [-0.2, 0) is 0 Å². The molecule has 0 aliphatic carbocycles. The molecule has 1 saturated heterocycles. The Balaban J connectivity index is 1.44. The molecule has 0 radical (unpaired) electrons. The Morgan fingerprint density at radius 2 is 1.62 bits per heavy atom. The third-order valence-corrected chi connectivity index (χ3v) is 5.14. The van der Waals surface area contributed by atoms with Gasteiger partial charge < -0.3 is 15.1 Å². The average Bonchev–Trinajstić information content (AvgIpc) is 3.04. The highest BCUT2D eigenvalue weighted by molar-refractivity contribution is 5.66. The summed E-state index contributed by atoms with van der Waals surface area (Å²) in [6, 6.07) is 14.2. The first-order valence-electron chi connectivity index (χ1n) is 10.1. The van der Waals surface area contributed by atoms with Gasteiger partial charge in [-0.2, -0.15) is 0 Å². The number of aromatic nitrogens is 4. The van der Waals surface area contributed by atoms with E-state index in [0.717, 1.165) is 47.5 Å². The van der Waals surface area contributed by atoms with Crippen LogP contribution in [0.2, 0.25) is 0 Å². The summed E-state index contributed by atoms with van der Waals surface area (Å²) in [6.45, 7) is 2.15. The Morgan fingerprint density at radius 3 is 2.28 bits per heavy atom. The van der Waals surface area contributed by atoms with E-state index in [-0.39, 0.29) is 0 Å². The van der Waals surface area contributed by atoms with Crippen LogP contribution in [0.3, 0.4) is 0 Å². The van der Waals surface area contributed by atoms with Crippen molar-refractivity contribution in [3.63, 3.8) is 0 Å². The van der Waals surface area contributed by atoms with Crippen molar-refractivity contribution in [1.29, 1.82) is 0 Å². The minimum absolute atomic E-state index is 0.762. The molecule has 1 fully saturated rings. The third-order valence-electron chi connectivity index (χ3n) is 5.14.